The molecule has 0 bridgehead atoms. The molecule has 24 heavy (non-hydrogen) atoms. The monoisotopic (exact) mass is 344 g/mol. The molecule has 3 aromatic rings. The second-order valence-corrected chi connectivity index (χ2v) is 7.09. The Morgan fingerprint density at radius 3 is 2.58 bits per heavy atom. The average Bonchev–Trinajstić information content (AvgIpc) is 2.93. The smallest absolute Gasteiger partial charge is 0.270 e. The van der Waals surface area contributed by atoms with E-state index in [9.17, 15) is 23.3 Å². The van der Waals surface area contributed by atoms with Crippen LogP contribution in [0.15, 0.2) is 53.6 Å². The maximum Gasteiger partial charge on any atom is 0.270 e. The van der Waals surface area contributed by atoms with Crippen molar-refractivity contribution in [1.29, 1.82) is 0 Å². The number of nitrogens with zero attached hydrogens (tertiary/aromatic N) is 2. The van der Waals surface area contributed by atoms with Gasteiger partial charge in [0.2, 0.25) is 0 Å². The van der Waals surface area contributed by atoms with Crippen molar-refractivity contribution in [1.82, 2.24) is 3.97 Å². The van der Waals surface area contributed by atoms with E-state index in [-0.39, 0.29) is 16.1 Å². The van der Waals surface area contributed by atoms with Crippen molar-refractivity contribution in [3.8, 4) is 0 Å². The van der Waals surface area contributed by atoms with Gasteiger partial charge in [0.15, 0.2) is 6.29 Å². The molecule has 0 aliphatic carbocycles. The van der Waals surface area contributed by atoms with E-state index in [4.69, 9.17) is 0 Å². The zero-order valence-corrected chi connectivity index (χ0v) is 13.4. The van der Waals surface area contributed by atoms with Gasteiger partial charge in [0.25, 0.3) is 15.7 Å². The van der Waals surface area contributed by atoms with Crippen LogP contribution in [0, 0.1) is 17.0 Å². The van der Waals surface area contributed by atoms with Gasteiger partial charge in [0.05, 0.1) is 15.3 Å². The average molecular weight is 344 g/mol. The molecule has 0 saturated carbocycles. The van der Waals surface area contributed by atoms with Crippen LogP contribution < -0.4 is 0 Å². The molecule has 0 aliphatic rings. The van der Waals surface area contributed by atoms with Gasteiger partial charge in [-0.25, -0.2) is 12.4 Å². The van der Waals surface area contributed by atoms with Crippen LogP contribution in [0.4, 0.5) is 5.69 Å². The number of aldehydes is 1. The fourth-order valence-corrected chi connectivity index (χ4v) is 3.91. The van der Waals surface area contributed by atoms with Crippen molar-refractivity contribution in [3.05, 3.63) is 69.9 Å². The minimum atomic E-state index is -4.07. The van der Waals surface area contributed by atoms with E-state index < -0.39 is 14.9 Å². The Bertz CT molecular complexity index is 1080. The quantitative estimate of drug-likeness (QED) is 0.411. The lowest BCUT2D eigenvalue weighted by Gasteiger charge is -2.08. The second kappa shape index (κ2) is 5.57. The molecule has 3 rings (SSSR count). The predicted molar refractivity (Wildman–Crippen MR) is 87.7 cm³/mol. The molecule has 0 saturated heterocycles. The number of hydrogen-bond acceptors (Lipinski definition) is 5. The van der Waals surface area contributed by atoms with Crippen molar-refractivity contribution in [2.75, 3.05) is 0 Å². The van der Waals surface area contributed by atoms with E-state index in [0.717, 1.165) is 15.6 Å². The number of aromatic nitrogens is 1. The number of aryl methyl sites for hydroxylation is 1. The second-order valence-electron chi connectivity index (χ2n) is 5.28. The number of hydrogen-bond donors (Lipinski definition) is 0. The number of non-ortho nitro benzene ring substituents is 1. The van der Waals surface area contributed by atoms with Gasteiger partial charge in [-0.05, 0) is 24.6 Å². The number of nitro groups is 1. The standard InChI is InChI=1S/C16H12N2O5S/c1-11-5-6-15-12(10-19)9-17(16(15)7-11)24(22,23)14-4-2-3-13(8-14)18(20)21/h2-10H,1H3. The highest BCUT2D eigenvalue weighted by molar-refractivity contribution is 7.90. The van der Waals surface area contributed by atoms with Gasteiger partial charge < -0.3 is 0 Å². The Labute approximate surface area is 137 Å². The molecule has 0 aliphatic heterocycles. The van der Waals surface area contributed by atoms with Crippen molar-refractivity contribution in [2.45, 2.75) is 11.8 Å². The van der Waals surface area contributed by atoms with Crippen molar-refractivity contribution >= 4 is 32.9 Å². The molecule has 0 amide bonds. The lowest BCUT2D eigenvalue weighted by atomic mass is 10.1. The van der Waals surface area contributed by atoms with Crippen LogP contribution >= 0.6 is 0 Å². The number of benzene rings is 2. The molecule has 0 radical (unpaired) electrons. The van der Waals surface area contributed by atoms with Gasteiger partial charge in [-0.2, -0.15) is 0 Å². The number of nitro benzene ring substituents is 1. The summed E-state index contributed by atoms with van der Waals surface area (Å²) in [5, 5.41) is 11.4. The highest BCUT2D eigenvalue weighted by Gasteiger charge is 2.23. The molecule has 8 heteroatoms. The van der Waals surface area contributed by atoms with Crippen LogP contribution in [0.25, 0.3) is 10.9 Å². The fourth-order valence-electron chi connectivity index (χ4n) is 2.50. The van der Waals surface area contributed by atoms with Crippen LogP contribution in [0.2, 0.25) is 0 Å². The zero-order chi connectivity index (χ0) is 17.5. The van der Waals surface area contributed by atoms with Crippen molar-refractivity contribution < 1.29 is 18.1 Å². The van der Waals surface area contributed by atoms with Crippen LogP contribution in [-0.2, 0) is 10.0 Å². The number of rotatable bonds is 4. The van der Waals surface area contributed by atoms with Gasteiger partial charge in [-0.15, -0.1) is 0 Å². The van der Waals surface area contributed by atoms with E-state index in [1.54, 1.807) is 25.1 Å². The molecule has 0 fully saturated rings. The largest absolute Gasteiger partial charge is 0.298 e. The van der Waals surface area contributed by atoms with Crippen LogP contribution in [0.1, 0.15) is 15.9 Å². The summed E-state index contributed by atoms with van der Waals surface area (Å²) in [4.78, 5) is 21.2. The molecule has 0 spiro atoms. The SMILES string of the molecule is Cc1ccc2c(C=O)cn(S(=O)(=O)c3cccc([N+](=O)[O-])c3)c2c1. The van der Waals surface area contributed by atoms with E-state index >= 15 is 0 Å². The summed E-state index contributed by atoms with van der Waals surface area (Å²) in [7, 11) is -4.07. The Morgan fingerprint density at radius 2 is 1.92 bits per heavy atom. The first kappa shape index (κ1) is 15.9. The lowest BCUT2D eigenvalue weighted by molar-refractivity contribution is -0.385. The Kier molecular flexibility index (Phi) is 3.69. The van der Waals surface area contributed by atoms with Gasteiger partial charge >= 0.3 is 0 Å². The summed E-state index contributed by atoms with van der Waals surface area (Å²) in [5.74, 6) is 0. The summed E-state index contributed by atoms with van der Waals surface area (Å²) >= 11 is 0. The van der Waals surface area contributed by atoms with E-state index in [2.05, 4.69) is 0 Å². The summed E-state index contributed by atoms with van der Waals surface area (Å²) in [6.07, 6.45) is 1.81. The molecule has 122 valence electrons. The molecule has 2 aromatic carbocycles. The first-order chi connectivity index (χ1) is 11.3. The van der Waals surface area contributed by atoms with Gasteiger partial charge in [0.1, 0.15) is 0 Å². The van der Waals surface area contributed by atoms with Crippen LogP contribution in [0.5, 0.6) is 0 Å². The fraction of sp³-hybridized carbons (Fsp3) is 0.0625. The molecule has 1 aromatic heterocycles. The third kappa shape index (κ3) is 2.46. The highest BCUT2D eigenvalue weighted by atomic mass is 32.2. The van der Waals surface area contributed by atoms with Crippen LogP contribution in [-0.4, -0.2) is 23.6 Å². The topological polar surface area (TPSA) is 99.3 Å². The molecular weight excluding hydrogens is 332 g/mol. The van der Waals surface area contributed by atoms with E-state index in [0.29, 0.717) is 17.2 Å². The Hall–Kier alpha value is -3.00. The van der Waals surface area contributed by atoms with Gasteiger partial charge in [0, 0.05) is 29.3 Å². The molecule has 0 atom stereocenters. The van der Waals surface area contributed by atoms with E-state index in [1.807, 2.05) is 0 Å². The Morgan fingerprint density at radius 1 is 1.17 bits per heavy atom. The minimum absolute atomic E-state index is 0.215. The zero-order valence-electron chi connectivity index (χ0n) is 12.5. The predicted octanol–water partition coefficient (Wildman–Crippen LogP) is 2.91. The molecule has 7 nitrogen and oxygen atoms in total. The minimum Gasteiger partial charge on any atom is -0.298 e. The summed E-state index contributed by atoms with van der Waals surface area (Å²) in [5.41, 5.74) is 1.09. The maximum atomic E-state index is 12.9. The molecule has 1 heterocycles. The van der Waals surface area contributed by atoms with Gasteiger partial charge in [-0.3, -0.25) is 14.9 Å². The van der Waals surface area contributed by atoms with Crippen LogP contribution in [0.3, 0.4) is 0 Å². The number of carbonyl (C=O) groups is 1. The number of carbonyl (C=O) groups excluding carboxylic acids is 1. The number of fused-ring (bicyclic) bond motifs is 1. The van der Waals surface area contributed by atoms with Crippen molar-refractivity contribution in [3.63, 3.8) is 0 Å². The Balaban J connectivity index is 2.29. The molecule has 0 N–H and O–H groups in total. The first-order valence-electron chi connectivity index (χ1n) is 6.91. The summed E-state index contributed by atoms with van der Waals surface area (Å²) in [6.45, 7) is 1.80. The highest BCUT2D eigenvalue weighted by Crippen LogP contribution is 2.27. The van der Waals surface area contributed by atoms with Gasteiger partial charge in [-0.1, -0.05) is 18.2 Å². The van der Waals surface area contributed by atoms with Crippen molar-refractivity contribution in [2.24, 2.45) is 0 Å². The van der Waals surface area contributed by atoms with E-state index in [1.165, 1.54) is 24.4 Å². The molecular formula is C16H12N2O5S. The maximum absolute atomic E-state index is 12.9. The summed E-state index contributed by atoms with van der Waals surface area (Å²) < 4.78 is 26.8. The summed E-state index contributed by atoms with van der Waals surface area (Å²) in [6, 6.07) is 9.91. The lowest BCUT2D eigenvalue weighted by Crippen LogP contribution is -2.12. The molecule has 0 unspecified atom stereocenters. The normalized spacial score (nSPS) is 11.5. The third-order valence-corrected chi connectivity index (χ3v) is 5.34. The third-order valence-electron chi connectivity index (χ3n) is 3.67. The first-order valence-corrected chi connectivity index (χ1v) is 8.35.